The number of para-hydroxylation sites is 1. The first-order valence-corrected chi connectivity index (χ1v) is 9.13. The van der Waals surface area contributed by atoms with Gasteiger partial charge in [-0.25, -0.2) is 0 Å². The molecule has 0 fully saturated rings. The smallest absolute Gasteiger partial charge is 0.305 e. The number of hydrogen-bond donors (Lipinski definition) is 0. The molecule has 0 saturated heterocycles. The first-order chi connectivity index (χ1) is 12.2. The Morgan fingerprint density at radius 2 is 1.80 bits per heavy atom. The minimum atomic E-state index is -1.83. The van der Waals surface area contributed by atoms with Gasteiger partial charge in [0.25, 0.3) is 0 Å². The second-order valence-electron chi connectivity index (χ2n) is 5.19. The van der Waals surface area contributed by atoms with Crippen molar-refractivity contribution in [3.63, 3.8) is 0 Å². The molecule has 0 aliphatic carbocycles. The Balaban J connectivity index is 1.97. The van der Waals surface area contributed by atoms with Crippen LogP contribution >= 0.6 is 0 Å². The molecule has 0 saturated carbocycles. The molecule has 25 heavy (non-hydrogen) atoms. The van der Waals surface area contributed by atoms with Gasteiger partial charge in [0.1, 0.15) is 25.1 Å². The van der Waals surface area contributed by atoms with Crippen LogP contribution in [0.15, 0.2) is 54.6 Å². The maximum Gasteiger partial charge on any atom is 0.305 e. The molecule has 0 heterocycles. The maximum atomic E-state index is 11.7. The predicted molar refractivity (Wildman–Crippen MR) is 100 cm³/mol. The van der Waals surface area contributed by atoms with E-state index in [1.807, 2.05) is 61.5 Å². The minimum Gasteiger partial charge on any atom is -0.490 e. The van der Waals surface area contributed by atoms with Gasteiger partial charge in [-0.1, -0.05) is 61.4 Å². The van der Waals surface area contributed by atoms with Crippen molar-refractivity contribution in [3.8, 4) is 28.7 Å². The number of hydrogen-bond acceptors (Lipinski definition) is 4. The van der Waals surface area contributed by atoms with Gasteiger partial charge in [-0.15, -0.1) is 5.92 Å². The van der Waals surface area contributed by atoms with E-state index in [4.69, 9.17) is 13.1 Å². The summed E-state index contributed by atoms with van der Waals surface area (Å²) in [5, 5.41) is 0. The molecule has 2 rings (SSSR count). The highest BCUT2D eigenvalue weighted by Crippen LogP contribution is 2.29. The summed E-state index contributed by atoms with van der Waals surface area (Å²) in [5.41, 5.74) is 2.09. The SMILES string of the molecule is CC#CCOS(=O)OC(CC)COc1ccccc1-c1ccccc1. The fourth-order valence-electron chi connectivity index (χ4n) is 2.13. The Bertz CT molecular complexity index is 734. The molecule has 0 bridgehead atoms. The van der Waals surface area contributed by atoms with E-state index in [1.54, 1.807) is 6.92 Å². The molecule has 5 heteroatoms. The molecule has 0 spiro atoms. The van der Waals surface area contributed by atoms with Crippen LogP contribution < -0.4 is 4.74 Å². The largest absolute Gasteiger partial charge is 0.490 e. The zero-order valence-electron chi connectivity index (χ0n) is 14.4. The molecule has 0 aromatic heterocycles. The molecule has 0 aliphatic rings. The molecule has 132 valence electrons. The molecule has 0 N–H and O–H groups in total. The molecule has 0 aliphatic heterocycles. The number of benzene rings is 2. The lowest BCUT2D eigenvalue weighted by molar-refractivity contribution is 0.122. The summed E-state index contributed by atoms with van der Waals surface area (Å²) in [6, 6.07) is 17.9. The molecule has 4 nitrogen and oxygen atoms in total. The highest BCUT2D eigenvalue weighted by molar-refractivity contribution is 7.75. The highest BCUT2D eigenvalue weighted by Gasteiger charge is 2.14. The van der Waals surface area contributed by atoms with Crippen molar-refractivity contribution in [1.82, 2.24) is 0 Å². The first-order valence-electron chi connectivity index (χ1n) is 8.13. The van der Waals surface area contributed by atoms with E-state index in [1.165, 1.54) is 0 Å². The van der Waals surface area contributed by atoms with Crippen molar-refractivity contribution in [2.45, 2.75) is 26.4 Å². The normalized spacial score (nSPS) is 12.7. The average Bonchev–Trinajstić information content (AvgIpc) is 2.66. The number of ether oxygens (including phenoxy) is 1. The predicted octanol–water partition coefficient (Wildman–Crippen LogP) is 4.15. The Labute approximate surface area is 152 Å². The lowest BCUT2D eigenvalue weighted by Crippen LogP contribution is -2.23. The van der Waals surface area contributed by atoms with E-state index in [9.17, 15) is 4.21 Å². The van der Waals surface area contributed by atoms with Crippen LogP contribution in [0, 0.1) is 11.8 Å². The molecule has 0 amide bonds. The van der Waals surface area contributed by atoms with Crippen LogP contribution in [0.1, 0.15) is 20.3 Å². The lowest BCUT2D eigenvalue weighted by atomic mass is 10.1. The Hall–Kier alpha value is -2.13. The van der Waals surface area contributed by atoms with E-state index >= 15 is 0 Å². The molecule has 2 unspecified atom stereocenters. The molecular formula is C20H22O4S. The monoisotopic (exact) mass is 358 g/mol. The average molecular weight is 358 g/mol. The van der Waals surface area contributed by atoms with Crippen LogP contribution in [0.4, 0.5) is 0 Å². The minimum absolute atomic E-state index is 0.0806. The fourth-order valence-corrected chi connectivity index (χ4v) is 2.76. The van der Waals surface area contributed by atoms with Crippen molar-refractivity contribution < 1.29 is 17.3 Å². The summed E-state index contributed by atoms with van der Waals surface area (Å²) in [4.78, 5) is 0. The van der Waals surface area contributed by atoms with E-state index in [0.29, 0.717) is 6.42 Å². The van der Waals surface area contributed by atoms with E-state index in [0.717, 1.165) is 16.9 Å². The molecule has 0 radical (unpaired) electrons. The van der Waals surface area contributed by atoms with Crippen LogP contribution in [0.25, 0.3) is 11.1 Å². The first kappa shape index (κ1) is 19.2. The number of rotatable bonds is 9. The topological polar surface area (TPSA) is 44.8 Å². The van der Waals surface area contributed by atoms with Gasteiger partial charge in [0.05, 0.1) is 0 Å². The Morgan fingerprint density at radius 3 is 2.52 bits per heavy atom. The Kier molecular flexibility index (Phi) is 8.20. The van der Waals surface area contributed by atoms with Crippen molar-refractivity contribution in [3.05, 3.63) is 54.6 Å². The van der Waals surface area contributed by atoms with Crippen LogP contribution in [-0.2, 0) is 19.7 Å². The zero-order valence-corrected chi connectivity index (χ0v) is 15.3. The van der Waals surface area contributed by atoms with Crippen molar-refractivity contribution >= 4 is 11.4 Å². The van der Waals surface area contributed by atoms with Gasteiger partial charge in [-0.2, -0.15) is 4.21 Å². The van der Waals surface area contributed by atoms with E-state index < -0.39 is 11.4 Å². The zero-order chi connectivity index (χ0) is 17.9. The second kappa shape index (κ2) is 10.7. The third-order valence-corrected chi connectivity index (χ3v) is 4.21. The van der Waals surface area contributed by atoms with E-state index in [2.05, 4.69) is 11.8 Å². The van der Waals surface area contributed by atoms with Crippen molar-refractivity contribution in [2.24, 2.45) is 0 Å². The van der Waals surface area contributed by atoms with Gasteiger partial charge in [0, 0.05) is 5.56 Å². The molecular weight excluding hydrogens is 336 g/mol. The van der Waals surface area contributed by atoms with Gasteiger partial charge in [0.2, 0.25) is 0 Å². The molecule has 2 aromatic rings. The van der Waals surface area contributed by atoms with Crippen LogP contribution in [0.2, 0.25) is 0 Å². The van der Waals surface area contributed by atoms with Crippen LogP contribution in [0.3, 0.4) is 0 Å². The van der Waals surface area contributed by atoms with Gasteiger partial charge in [-0.3, -0.25) is 8.37 Å². The highest BCUT2D eigenvalue weighted by atomic mass is 32.2. The second-order valence-corrected chi connectivity index (χ2v) is 6.03. The Morgan fingerprint density at radius 1 is 1.08 bits per heavy atom. The lowest BCUT2D eigenvalue weighted by Gasteiger charge is -2.17. The maximum absolute atomic E-state index is 11.7. The summed E-state index contributed by atoms with van der Waals surface area (Å²) in [6.07, 6.45) is 0.321. The quantitative estimate of drug-likeness (QED) is 0.632. The summed E-state index contributed by atoms with van der Waals surface area (Å²) >= 11 is -1.83. The van der Waals surface area contributed by atoms with E-state index in [-0.39, 0.29) is 19.3 Å². The van der Waals surface area contributed by atoms with Gasteiger partial charge in [0.15, 0.2) is 0 Å². The standard InChI is InChI=1S/C20H22O4S/c1-3-5-15-23-25(21)24-18(4-2)16-22-20-14-10-9-13-19(20)17-11-7-6-8-12-17/h6-14,18H,4,15-16H2,1-2H3. The molecule has 2 aromatic carbocycles. The third kappa shape index (κ3) is 6.35. The van der Waals surface area contributed by atoms with Gasteiger partial charge in [-0.05, 0) is 25.0 Å². The summed E-state index contributed by atoms with van der Waals surface area (Å²) in [7, 11) is 0. The molecule has 2 atom stereocenters. The summed E-state index contributed by atoms with van der Waals surface area (Å²) in [5.74, 6) is 6.11. The summed E-state index contributed by atoms with van der Waals surface area (Å²) < 4.78 is 28.0. The fraction of sp³-hybridized carbons (Fsp3) is 0.300. The van der Waals surface area contributed by atoms with Gasteiger partial charge >= 0.3 is 11.4 Å². The van der Waals surface area contributed by atoms with Gasteiger partial charge < -0.3 is 4.74 Å². The van der Waals surface area contributed by atoms with Crippen molar-refractivity contribution in [2.75, 3.05) is 13.2 Å². The van der Waals surface area contributed by atoms with Crippen LogP contribution in [-0.4, -0.2) is 23.5 Å². The third-order valence-electron chi connectivity index (χ3n) is 3.47. The van der Waals surface area contributed by atoms with Crippen LogP contribution in [0.5, 0.6) is 5.75 Å². The van der Waals surface area contributed by atoms with Crippen molar-refractivity contribution in [1.29, 1.82) is 0 Å². The summed E-state index contributed by atoms with van der Waals surface area (Å²) in [6.45, 7) is 4.01.